The molecule has 20 heavy (non-hydrogen) atoms. The van der Waals surface area contributed by atoms with Gasteiger partial charge in [0.15, 0.2) is 0 Å². The van der Waals surface area contributed by atoms with Crippen LogP contribution in [0.15, 0.2) is 18.2 Å². The molecule has 0 radical (unpaired) electrons. The Morgan fingerprint density at radius 1 is 1.20 bits per heavy atom. The Bertz CT molecular complexity index is 510. The summed E-state index contributed by atoms with van der Waals surface area (Å²) in [5.41, 5.74) is 12.2. The van der Waals surface area contributed by atoms with Crippen LogP contribution in [0.25, 0.3) is 0 Å². The van der Waals surface area contributed by atoms with E-state index in [4.69, 9.17) is 11.5 Å². The molecule has 1 saturated heterocycles. The minimum atomic E-state index is -0.575. The van der Waals surface area contributed by atoms with E-state index in [0.717, 1.165) is 25.9 Å². The number of nitrogens with two attached hydrogens (primary N) is 2. The maximum Gasteiger partial charge on any atom is 0.250 e. The van der Waals surface area contributed by atoms with E-state index >= 15 is 0 Å². The average Bonchev–Trinajstić information content (AvgIpc) is 2.46. The average molecular weight is 276 g/mol. The van der Waals surface area contributed by atoms with Crippen LogP contribution in [0, 0.1) is 0 Å². The second kappa shape index (κ2) is 6.27. The van der Waals surface area contributed by atoms with Gasteiger partial charge in [-0.2, -0.15) is 0 Å². The molecule has 0 atom stereocenters. The van der Waals surface area contributed by atoms with E-state index in [1.54, 1.807) is 18.2 Å². The number of nitrogens with zero attached hydrogens (tertiary/aromatic N) is 1. The number of benzene rings is 1. The number of hydrogen-bond donors (Lipinski definition) is 3. The van der Waals surface area contributed by atoms with Crippen molar-refractivity contribution in [2.75, 3.05) is 30.7 Å². The summed E-state index contributed by atoms with van der Waals surface area (Å²) in [5.74, 6) is -0.526. The number of piperidine rings is 1. The maximum atomic E-state index is 12.0. The van der Waals surface area contributed by atoms with Gasteiger partial charge < -0.3 is 21.7 Å². The van der Waals surface area contributed by atoms with Crippen molar-refractivity contribution in [3.05, 3.63) is 23.8 Å². The third-order valence-corrected chi connectivity index (χ3v) is 3.51. The van der Waals surface area contributed by atoms with Crippen LogP contribution in [0.3, 0.4) is 0 Å². The monoisotopic (exact) mass is 276 g/mol. The van der Waals surface area contributed by atoms with Crippen molar-refractivity contribution >= 4 is 23.2 Å². The lowest BCUT2D eigenvalue weighted by molar-refractivity contribution is -0.130. The zero-order valence-corrected chi connectivity index (χ0v) is 11.4. The summed E-state index contributed by atoms with van der Waals surface area (Å²) in [6, 6.07) is 4.98. The van der Waals surface area contributed by atoms with E-state index in [1.807, 2.05) is 4.90 Å². The molecule has 2 rings (SSSR count). The first kappa shape index (κ1) is 14.2. The van der Waals surface area contributed by atoms with Gasteiger partial charge in [0.2, 0.25) is 5.91 Å². The molecule has 6 nitrogen and oxygen atoms in total. The van der Waals surface area contributed by atoms with Gasteiger partial charge >= 0.3 is 0 Å². The molecule has 0 bridgehead atoms. The largest absolute Gasteiger partial charge is 0.396 e. The molecule has 1 heterocycles. The number of primary amides is 1. The fraction of sp³-hybridized carbons (Fsp3) is 0.429. The second-order valence-corrected chi connectivity index (χ2v) is 4.93. The van der Waals surface area contributed by atoms with Crippen LogP contribution in [0.4, 0.5) is 11.4 Å². The molecule has 108 valence electrons. The van der Waals surface area contributed by atoms with Crippen LogP contribution in [0.2, 0.25) is 0 Å². The molecule has 0 aliphatic carbocycles. The molecule has 1 fully saturated rings. The fourth-order valence-corrected chi connectivity index (χ4v) is 2.36. The molecule has 1 aromatic carbocycles. The molecule has 2 amide bonds. The van der Waals surface area contributed by atoms with Crippen LogP contribution < -0.4 is 16.8 Å². The Labute approximate surface area is 118 Å². The number of nitrogens with one attached hydrogen (secondary N) is 1. The molecule has 5 N–H and O–H groups in total. The van der Waals surface area contributed by atoms with E-state index in [-0.39, 0.29) is 23.7 Å². The summed E-state index contributed by atoms with van der Waals surface area (Å²) >= 11 is 0. The van der Waals surface area contributed by atoms with Crippen molar-refractivity contribution in [3.63, 3.8) is 0 Å². The first-order valence-electron chi connectivity index (χ1n) is 6.79. The quantitative estimate of drug-likeness (QED) is 0.708. The number of anilines is 2. The number of amides is 2. The minimum Gasteiger partial charge on any atom is -0.396 e. The van der Waals surface area contributed by atoms with E-state index in [1.165, 1.54) is 6.42 Å². The Kier molecular flexibility index (Phi) is 4.45. The highest BCUT2D eigenvalue weighted by Gasteiger charge is 2.16. The SMILES string of the molecule is NC(=O)c1cccc(NCC(=O)N2CCCCC2)c1N. The molecule has 0 aromatic heterocycles. The molecular formula is C14H20N4O2. The number of rotatable bonds is 4. The number of likely N-dealkylation sites (tertiary alicyclic amines) is 1. The lowest BCUT2D eigenvalue weighted by Crippen LogP contribution is -2.39. The van der Waals surface area contributed by atoms with Crippen molar-refractivity contribution in [2.24, 2.45) is 5.73 Å². The highest BCUT2D eigenvalue weighted by atomic mass is 16.2. The van der Waals surface area contributed by atoms with Crippen molar-refractivity contribution in [3.8, 4) is 0 Å². The molecule has 1 aromatic rings. The maximum absolute atomic E-state index is 12.0. The van der Waals surface area contributed by atoms with Crippen molar-refractivity contribution < 1.29 is 9.59 Å². The number of carbonyl (C=O) groups excluding carboxylic acids is 2. The number of nitrogen functional groups attached to an aromatic ring is 1. The molecule has 6 heteroatoms. The van der Waals surface area contributed by atoms with E-state index in [9.17, 15) is 9.59 Å². The summed E-state index contributed by atoms with van der Waals surface area (Å²) in [4.78, 5) is 25.1. The lowest BCUT2D eigenvalue weighted by atomic mass is 10.1. The Morgan fingerprint density at radius 3 is 2.55 bits per heavy atom. The normalized spacial score (nSPS) is 14.9. The first-order chi connectivity index (χ1) is 9.59. The molecular weight excluding hydrogens is 256 g/mol. The topological polar surface area (TPSA) is 101 Å². The van der Waals surface area contributed by atoms with Crippen molar-refractivity contribution in [2.45, 2.75) is 19.3 Å². The number of carbonyl (C=O) groups is 2. The lowest BCUT2D eigenvalue weighted by Gasteiger charge is -2.27. The molecule has 0 unspecified atom stereocenters. The zero-order chi connectivity index (χ0) is 14.5. The predicted molar refractivity (Wildman–Crippen MR) is 78.3 cm³/mol. The Morgan fingerprint density at radius 2 is 1.90 bits per heavy atom. The van der Waals surface area contributed by atoms with Crippen LogP contribution in [0.5, 0.6) is 0 Å². The van der Waals surface area contributed by atoms with Gasteiger partial charge in [0, 0.05) is 13.1 Å². The number of para-hydroxylation sites is 1. The molecule has 0 spiro atoms. The van der Waals surface area contributed by atoms with Gasteiger partial charge in [0.25, 0.3) is 5.91 Å². The Balaban J connectivity index is 1.98. The zero-order valence-electron chi connectivity index (χ0n) is 11.4. The summed E-state index contributed by atoms with van der Waals surface area (Å²) < 4.78 is 0. The smallest absolute Gasteiger partial charge is 0.250 e. The van der Waals surface area contributed by atoms with Crippen molar-refractivity contribution in [1.29, 1.82) is 0 Å². The second-order valence-electron chi connectivity index (χ2n) is 4.93. The van der Waals surface area contributed by atoms with E-state index < -0.39 is 5.91 Å². The minimum absolute atomic E-state index is 0.0496. The third kappa shape index (κ3) is 3.20. The summed E-state index contributed by atoms with van der Waals surface area (Å²) in [6.07, 6.45) is 3.31. The van der Waals surface area contributed by atoms with Gasteiger partial charge in [-0.1, -0.05) is 6.07 Å². The van der Waals surface area contributed by atoms with Gasteiger partial charge in [-0.05, 0) is 31.4 Å². The van der Waals surface area contributed by atoms with Crippen LogP contribution in [0.1, 0.15) is 29.6 Å². The standard InChI is InChI=1S/C14H20N4O2/c15-13-10(14(16)20)5-4-6-11(13)17-9-12(19)18-7-2-1-3-8-18/h4-6,17H,1-3,7-9,15H2,(H2,16,20). The van der Waals surface area contributed by atoms with Crippen LogP contribution in [-0.4, -0.2) is 36.3 Å². The Hall–Kier alpha value is -2.24. The summed E-state index contributed by atoms with van der Waals surface area (Å²) in [6.45, 7) is 1.81. The first-order valence-corrected chi connectivity index (χ1v) is 6.79. The van der Waals surface area contributed by atoms with Gasteiger partial charge in [-0.25, -0.2) is 0 Å². The van der Waals surface area contributed by atoms with Gasteiger partial charge in [-0.15, -0.1) is 0 Å². The van der Waals surface area contributed by atoms with Gasteiger partial charge in [0.05, 0.1) is 23.5 Å². The summed E-state index contributed by atoms with van der Waals surface area (Å²) in [5, 5.41) is 2.98. The van der Waals surface area contributed by atoms with E-state index in [0.29, 0.717) is 5.69 Å². The van der Waals surface area contributed by atoms with Gasteiger partial charge in [0.1, 0.15) is 0 Å². The molecule has 1 aliphatic heterocycles. The fourth-order valence-electron chi connectivity index (χ4n) is 2.36. The van der Waals surface area contributed by atoms with Crippen LogP contribution in [-0.2, 0) is 4.79 Å². The highest BCUT2D eigenvalue weighted by Crippen LogP contribution is 2.22. The molecule has 1 aliphatic rings. The van der Waals surface area contributed by atoms with Crippen LogP contribution >= 0.6 is 0 Å². The molecule has 0 saturated carbocycles. The summed E-state index contributed by atoms with van der Waals surface area (Å²) in [7, 11) is 0. The van der Waals surface area contributed by atoms with Crippen molar-refractivity contribution in [1.82, 2.24) is 4.90 Å². The highest BCUT2D eigenvalue weighted by molar-refractivity contribution is 6.01. The predicted octanol–water partition coefficient (Wildman–Crippen LogP) is 0.792. The number of hydrogen-bond acceptors (Lipinski definition) is 4. The van der Waals surface area contributed by atoms with E-state index in [2.05, 4.69) is 5.32 Å². The third-order valence-electron chi connectivity index (χ3n) is 3.51. The van der Waals surface area contributed by atoms with Gasteiger partial charge in [-0.3, -0.25) is 9.59 Å².